The fourth-order valence-corrected chi connectivity index (χ4v) is 2.33. The summed E-state index contributed by atoms with van der Waals surface area (Å²) in [5.41, 5.74) is 1.23. The van der Waals surface area contributed by atoms with Crippen molar-refractivity contribution in [2.45, 2.75) is 6.42 Å². The number of aromatic nitrogens is 3. The van der Waals surface area contributed by atoms with Crippen LogP contribution in [0.25, 0.3) is 11.5 Å². The largest absolute Gasteiger partial charge is 0.493 e. The Bertz CT molecular complexity index is 880. The van der Waals surface area contributed by atoms with Crippen molar-refractivity contribution in [3.63, 3.8) is 0 Å². The zero-order chi connectivity index (χ0) is 18.4. The average Bonchev–Trinajstić information content (AvgIpc) is 3.17. The average molecular weight is 354 g/mol. The maximum atomic E-state index is 12.2. The lowest BCUT2D eigenvalue weighted by molar-refractivity contribution is 0.0953. The molecule has 1 N–H and O–H groups in total. The number of hydrogen-bond acceptors (Lipinski definition) is 7. The van der Waals surface area contributed by atoms with Gasteiger partial charge in [0.1, 0.15) is 0 Å². The molecular weight excluding hydrogens is 336 g/mol. The van der Waals surface area contributed by atoms with Gasteiger partial charge in [-0.05, 0) is 30.3 Å². The molecular formula is C18H18N4O4. The molecule has 0 bridgehead atoms. The molecule has 2 aromatic heterocycles. The van der Waals surface area contributed by atoms with Gasteiger partial charge in [-0.15, -0.1) is 0 Å². The minimum absolute atomic E-state index is 0.220. The Morgan fingerprint density at radius 2 is 2.04 bits per heavy atom. The lowest BCUT2D eigenvalue weighted by Gasteiger charge is -2.09. The molecule has 8 heteroatoms. The first-order valence-electron chi connectivity index (χ1n) is 7.94. The number of nitrogens with one attached hydrogen (secondary N) is 1. The van der Waals surface area contributed by atoms with Crippen molar-refractivity contribution in [2.24, 2.45) is 0 Å². The monoisotopic (exact) mass is 354 g/mol. The quantitative estimate of drug-likeness (QED) is 0.694. The molecule has 1 aromatic carbocycles. The van der Waals surface area contributed by atoms with E-state index in [2.05, 4.69) is 20.4 Å². The van der Waals surface area contributed by atoms with Gasteiger partial charge >= 0.3 is 0 Å². The summed E-state index contributed by atoms with van der Waals surface area (Å²) in [7, 11) is 3.07. The second-order valence-corrected chi connectivity index (χ2v) is 5.33. The number of methoxy groups -OCH3 is 2. The number of carbonyl (C=O) groups excluding carboxylic acids is 1. The van der Waals surface area contributed by atoms with Crippen molar-refractivity contribution in [3.05, 3.63) is 54.1 Å². The molecule has 0 aliphatic carbocycles. The number of amides is 1. The van der Waals surface area contributed by atoms with Crippen LogP contribution < -0.4 is 14.8 Å². The Hall–Kier alpha value is -3.42. The summed E-state index contributed by atoms with van der Waals surface area (Å²) in [6, 6.07) is 8.62. The van der Waals surface area contributed by atoms with Gasteiger partial charge in [0.05, 0.1) is 19.8 Å². The van der Waals surface area contributed by atoms with Crippen molar-refractivity contribution in [2.75, 3.05) is 20.8 Å². The summed E-state index contributed by atoms with van der Waals surface area (Å²) >= 11 is 0. The van der Waals surface area contributed by atoms with Crippen LogP contribution in [0.15, 0.2) is 47.2 Å². The van der Waals surface area contributed by atoms with Crippen LogP contribution in [0, 0.1) is 0 Å². The van der Waals surface area contributed by atoms with Crippen molar-refractivity contribution in [1.82, 2.24) is 20.4 Å². The van der Waals surface area contributed by atoms with Crippen LogP contribution in [0.4, 0.5) is 0 Å². The van der Waals surface area contributed by atoms with Crippen molar-refractivity contribution >= 4 is 5.91 Å². The molecule has 134 valence electrons. The molecule has 0 spiro atoms. The molecule has 0 aliphatic rings. The van der Waals surface area contributed by atoms with E-state index in [1.54, 1.807) is 43.8 Å². The van der Waals surface area contributed by atoms with E-state index < -0.39 is 0 Å². The molecule has 0 aliphatic heterocycles. The standard InChI is InChI=1S/C18H18N4O4/c1-24-14-6-5-12(10-15(14)25-2)17(23)20-9-7-16-21-18(26-22-16)13-4-3-8-19-11-13/h3-6,8,10-11H,7,9H2,1-2H3,(H,20,23). The maximum absolute atomic E-state index is 12.2. The zero-order valence-corrected chi connectivity index (χ0v) is 14.4. The number of benzene rings is 1. The number of carbonyl (C=O) groups is 1. The van der Waals surface area contributed by atoms with Gasteiger partial charge in [-0.2, -0.15) is 4.98 Å². The third-order valence-corrected chi connectivity index (χ3v) is 3.66. The van der Waals surface area contributed by atoms with Crippen LogP contribution in [0.1, 0.15) is 16.2 Å². The maximum Gasteiger partial charge on any atom is 0.259 e. The Labute approximate surface area is 150 Å². The first kappa shape index (κ1) is 17.4. The molecule has 0 saturated carbocycles. The van der Waals surface area contributed by atoms with Crippen LogP contribution in [-0.2, 0) is 6.42 Å². The van der Waals surface area contributed by atoms with Gasteiger partial charge in [-0.1, -0.05) is 5.16 Å². The molecule has 2 heterocycles. The lowest BCUT2D eigenvalue weighted by Crippen LogP contribution is -2.26. The smallest absolute Gasteiger partial charge is 0.259 e. The molecule has 0 radical (unpaired) electrons. The van der Waals surface area contributed by atoms with Gasteiger partial charge in [-0.25, -0.2) is 0 Å². The summed E-state index contributed by atoms with van der Waals surface area (Å²) in [6.45, 7) is 0.374. The van der Waals surface area contributed by atoms with Crippen molar-refractivity contribution < 1.29 is 18.8 Å². The van der Waals surface area contributed by atoms with Crippen LogP contribution in [0.5, 0.6) is 11.5 Å². The predicted octanol–water partition coefficient (Wildman–Crippen LogP) is 2.12. The fraction of sp³-hybridized carbons (Fsp3) is 0.222. The minimum Gasteiger partial charge on any atom is -0.493 e. The van der Waals surface area contributed by atoms with Gasteiger partial charge < -0.3 is 19.3 Å². The second kappa shape index (κ2) is 8.11. The number of nitrogens with zero attached hydrogens (tertiary/aromatic N) is 3. The zero-order valence-electron chi connectivity index (χ0n) is 14.4. The molecule has 0 atom stereocenters. The van der Waals surface area contributed by atoms with Crippen LogP contribution in [0.2, 0.25) is 0 Å². The van der Waals surface area contributed by atoms with Crippen LogP contribution >= 0.6 is 0 Å². The molecule has 0 saturated heterocycles. The number of ether oxygens (including phenoxy) is 2. The number of hydrogen-bond donors (Lipinski definition) is 1. The fourth-order valence-electron chi connectivity index (χ4n) is 2.33. The first-order chi connectivity index (χ1) is 12.7. The van der Waals surface area contributed by atoms with E-state index in [0.717, 1.165) is 5.56 Å². The topological polar surface area (TPSA) is 99.4 Å². The van der Waals surface area contributed by atoms with E-state index in [1.165, 1.54) is 7.11 Å². The van der Waals surface area contributed by atoms with Crippen molar-refractivity contribution in [3.8, 4) is 23.0 Å². The van der Waals surface area contributed by atoms with Gasteiger partial charge in [0, 0.05) is 30.9 Å². The molecule has 26 heavy (non-hydrogen) atoms. The van der Waals surface area contributed by atoms with Gasteiger partial charge in [-0.3, -0.25) is 9.78 Å². The van der Waals surface area contributed by atoms with E-state index in [4.69, 9.17) is 14.0 Å². The highest BCUT2D eigenvalue weighted by Gasteiger charge is 2.12. The summed E-state index contributed by atoms with van der Waals surface area (Å²) in [6.07, 6.45) is 3.77. The number of rotatable bonds is 7. The van der Waals surface area contributed by atoms with Gasteiger partial charge in [0.25, 0.3) is 11.8 Å². The summed E-state index contributed by atoms with van der Waals surface area (Å²) < 4.78 is 15.6. The SMILES string of the molecule is COc1ccc(C(=O)NCCc2noc(-c3cccnc3)n2)cc1OC. The minimum atomic E-state index is -0.220. The molecule has 8 nitrogen and oxygen atoms in total. The molecule has 1 amide bonds. The summed E-state index contributed by atoms with van der Waals surface area (Å²) in [5, 5.41) is 6.73. The van der Waals surface area contributed by atoms with Crippen LogP contribution in [-0.4, -0.2) is 41.8 Å². The molecule has 3 rings (SSSR count). The summed E-state index contributed by atoms with van der Waals surface area (Å²) in [4.78, 5) is 20.6. The first-order valence-corrected chi connectivity index (χ1v) is 7.94. The van der Waals surface area contributed by atoms with Crippen molar-refractivity contribution in [1.29, 1.82) is 0 Å². The third kappa shape index (κ3) is 3.97. The Kier molecular flexibility index (Phi) is 5.43. The van der Waals surface area contributed by atoms with Gasteiger partial charge in [0.2, 0.25) is 0 Å². The third-order valence-electron chi connectivity index (χ3n) is 3.66. The highest BCUT2D eigenvalue weighted by Crippen LogP contribution is 2.27. The predicted molar refractivity (Wildman–Crippen MR) is 93.1 cm³/mol. The van der Waals surface area contributed by atoms with Gasteiger partial charge in [0.15, 0.2) is 17.3 Å². The number of pyridine rings is 1. The van der Waals surface area contributed by atoms with E-state index >= 15 is 0 Å². The normalized spacial score (nSPS) is 10.4. The highest BCUT2D eigenvalue weighted by molar-refractivity contribution is 5.94. The van der Waals surface area contributed by atoms with Crippen LogP contribution in [0.3, 0.4) is 0 Å². The Morgan fingerprint density at radius 1 is 1.19 bits per heavy atom. The lowest BCUT2D eigenvalue weighted by atomic mass is 10.2. The van der Waals surface area contributed by atoms with E-state index in [0.29, 0.717) is 41.7 Å². The second-order valence-electron chi connectivity index (χ2n) is 5.33. The highest BCUT2D eigenvalue weighted by atomic mass is 16.5. The molecule has 0 fully saturated rings. The molecule has 3 aromatic rings. The Morgan fingerprint density at radius 3 is 2.77 bits per heavy atom. The molecule has 0 unspecified atom stereocenters. The Balaban J connectivity index is 1.57. The van der Waals surface area contributed by atoms with E-state index in [1.807, 2.05) is 6.07 Å². The van der Waals surface area contributed by atoms with E-state index in [9.17, 15) is 4.79 Å². The van der Waals surface area contributed by atoms with E-state index in [-0.39, 0.29) is 5.91 Å². The summed E-state index contributed by atoms with van der Waals surface area (Å²) in [5.74, 6) is 1.76.